The van der Waals surface area contributed by atoms with Crippen LogP contribution in [0.2, 0.25) is 0 Å². The largest absolute Gasteiger partial charge is 0.357 e. The zero-order chi connectivity index (χ0) is 17.4. The summed E-state index contributed by atoms with van der Waals surface area (Å²) in [5.41, 5.74) is 3.84. The summed E-state index contributed by atoms with van der Waals surface area (Å²) in [6.07, 6.45) is 5.01. The molecule has 5 heteroatoms. The van der Waals surface area contributed by atoms with Gasteiger partial charge in [-0.2, -0.15) is 0 Å². The van der Waals surface area contributed by atoms with Crippen molar-refractivity contribution in [1.29, 1.82) is 0 Å². The number of hydrogen-bond donors (Lipinski definition) is 1. The Morgan fingerprint density at radius 2 is 1.83 bits per heavy atom. The fraction of sp³-hybridized carbons (Fsp3) is 0.474. The molecule has 0 aliphatic rings. The fourth-order valence-corrected chi connectivity index (χ4v) is 2.95. The van der Waals surface area contributed by atoms with Crippen molar-refractivity contribution in [1.82, 2.24) is 15.3 Å². The first-order valence-corrected chi connectivity index (χ1v) is 9.81. The van der Waals surface area contributed by atoms with Gasteiger partial charge in [-0.25, -0.2) is 9.97 Å². The van der Waals surface area contributed by atoms with Crippen LogP contribution in [0.4, 0.5) is 5.82 Å². The van der Waals surface area contributed by atoms with Crippen LogP contribution in [-0.4, -0.2) is 35.9 Å². The number of benzene rings is 1. The van der Waals surface area contributed by atoms with E-state index in [0.717, 1.165) is 43.6 Å². The van der Waals surface area contributed by atoms with Crippen molar-refractivity contribution >= 4 is 17.6 Å². The molecular formula is C19H28N4S. The van der Waals surface area contributed by atoms with Crippen LogP contribution in [0.3, 0.4) is 0 Å². The Morgan fingerprint density at radius 3 is 2.46 bits per heavy atom. The lowest BCUT2D eigenvalue weighted by molar-refractivity contribution is 0.674. The zero-order valence-corrected chi connectivity index (χ0v) is 16.0. The molecule has 0 atom stereocenters. The summed E-state index contributed by atoms with van der Waals surface area (Å²) < 4.78 is 0. The zero-order valence-electron chi connectivity index (χ0n) is 15.2. The van der Waals surface area contributed by atoms with Gasteiger partial charge in [-0.3, -0.25) is 0 Å². The van der Waals surface area contributed by atoms with Crippen LogP contribution in [0, 0.1) is 6.92 Å². The molecule has 0 saturated heterocycles. The third kappa shape index (κ3) is 5.21. The predicted molar refractivity (Wildman–Crippen MR) is 104 cm³/mol. The highest BCUT2D eigenvalue weighted by atomic mass is 32.2. The minimum atomic E-state index is 0.798. The van der Waals surface area contributed by atoms with E-state index < -0.39 is 0 Å². The molecule has 0 aliphatic heterocycles. The van der Waals surface area contributed by atoms with Crippen molar-refractivity contribution in [2.75, 3.05) is 30.8 Å². The fourth-order valence-electron chi connectivity index (χ4n) is 2.61. The van der Waals surface area contributed by atoms with Gasteiger partial charge in [-0.15, -0.1) is 0 Å². The maximum absolute atomic E-state index is 4.72. The molecular weight excluding hydrogens is 316 g/mol. The number of rotatable bonds is 9. The van der Waals surface area contributed by atoms with E-state index in [2.05, 4.69) is 60.2 Å². The van der Waals surface area contributed by atoms with E-state index in [4.69, 9.17) is 4.98 Å². The topological polar surface area (TPSA) is 41.1 Å². The number of thioether (sulfide) groups is 1. The van der Waals surface area contributed by atoms with Gasteiger partial charge in [-0.05, 0) is 45.6 Å². The number of nitrogens with one attached hydrogen (secondary N) is 1. The molecule has 0 saturated carbocycles. The lowest BCUT2D eigenvalue weighted by atomic mass is 10.1. The van der Waals surface area contributed by atoms with Crippen molar-refractivity contribution in [3.63, 3.8) is 0 Å². The maximum Gasteiger partial charge on any atom is 0.189 e. The summed E-state index contributed by atoms with van der Waals surface area (Å²) >= 11 is 1.59. The predicted octanol–water partition coefficient (Wildman–Crippen LogP) is 3.69. The van der Waals surface area contributed by atoms with Crippen LogP contribution < -0.4 is 10.2 Å². The van der Waals surface area contributed by atoms with Crippen molar-refractivity contribution in [3.05, 3.63) is 47.2 Å². The van der Waals surface area contributed by atoms with Gasteiger partial charge in [0.25, 0.3) is 0 Å². The van der Waals surface area contributed by atoms with Crippen LogP contribution in [0.25, 0.3) is 0 Å². The summed E-state index contributed by atoms with van der Waals surface area (Å²) in [4.78, 5) is 11.4. The Balaban J connectivity index is 1.96. The number of aryl methyl sites for hydroxylation is 1. The molecule has 130 valence electrons. The molecule has 0 fully saturated rings. The van der Waals surface area contributed by atoms with Gasteiger partial charge in [-0.1, -0.05) is 41.6 Å². The summed E-state index contributed by atoms with van der Waals surface area (Å²) in [6, 6.07) is 8.75. The third-order valence-electron chi connectivity index (χ3n) is 4.09. The van der Waals surface area contributed by atoms with Crippen molar-refractivity contribution in [2.24, 2.45) is 0 Å². The Hall–Kier alpha value is -1.59. The standard InChI is InChI=1S/C19H28N4S/c1-5-23(6-2)18-17(14-21-19(22-18)24-4)13-20-12-11-16-9-7-15(3)8-10-16/h7-10,14,20H,5-6,11-13H2,1-4H3. The molecule has 0 bridgehead atoms. The highest BCUT2D eigenvalue weighted by molar-refractivity contribution is 7.98. The van der Waals surface area contributed by atoms with Crippen molar-refractivity contribution in [3.8, 4) is 0 Å². The molecule has 0 unspecified atom stereocenters. The van der Waals surface area contributed by atoms with Gasteiger partial charge < -0.3 is 10.2 Å². The summed E-state index contributed by atoms with van der Waals surface area (Å²) in [5.74, 6) is 1.06. The first-order chi connectivity index (χ1) is 11.7. The van der Waals surface area contributed by atoms with Gasteiger partial charge in [0.05, 0.1) is 0 Å². The van der Waals surface area contributed by atoms with Crippen LogP contribution in [0.5, 0.6) is 0 Å². The summed E-state index contributed by atoms with van der Waals surface area (Å²) in [7, 11) is 0. The van der Waals surface area contributed by atoms with Crippen LogP contribution >= 0.6 is 11.8 Å². The Labute approximate surface area is 150 Å². The van der Waals surface area contributed by atoms with E-state index in [-0.39, 0.29) is 0 Å². The van der Waals surface area contributed by atoms with Crippen molar-refractivity contribution < 1.29 is 0 Å². The van der Waals surface area contributed by atoms with Crippen LogP contribution in [0.1, 0.15) is 30.5 Å². The Morgan fingerprint density at radius 1 is 1.12 bits per heavy atom. The normalized spacial score (nSPS) is 10.8. The summed E-state index contributed by atoms with van der Waals surface area (Å²) in [6.45, 7) is 10.1. The molecule has 1 N–H and O–H groups in total. The quantitative estimate of drug-likeness (QED) is 0.427. The van der Waals surface area contributed by atoms with Crippen LogP contribution in [-0.2, 0) is 13.0 Å². The Kier molecular flexibility index (Phi) is 7.53. The van der Waals surface area contributed by atoms with E-state index in [0.29, 0.717) is 0 Å². The second-order valence-corrected chi connectivity index (χ2v) is 6.56. The van der Waals surface area contributed by atoms with E-state index >= 15 is 0 Å². The number of hydrogen-bond acceptors (Lipinski definition) is 5. The van der Waals surface area contributed by atoms with Gasteiger partial charge in [0, 0.05) is 31.4 Å². The average Bonchev–Trinajstić information content (AvgIpc) is 2.62. The monoisotopic (exact) mass is 344 g/mol. The second-order valence-electron chi connectivity index (χ2n) is 5.79. The smallest absolute Gasteiger partial charge is 0.189 e. The highest BCUT2D eigenvalue weighted by Crippen LogP contribution is 2.20. The molecule has 0 spiro atoms. The SMILES string of the molecule is CCN(CC)c1nc(SC)ncc1CNCCc1ccc(C)cc1. The number of anilines is 1. The van der Waals surface area contributed by atoms with E-state index in [1.807, 2.05) is 12.5 Å². The van der Waals surface area contributed by atoms with E-state index in [1.165, 1.54) is 16.7 Å². The minimum absolute atomic E-state index is 0.798. The lowest BCUT2D eigenvalue weighted by Gasteiger charge is -2.23. The molecule has 0 aliphatic carbocycles. The molecule has 2 aromatic rings. The first-order valence-electron chi connectivity index (χ1n) is 8.59. The average molecular weight is 345 g/mol. The van der Waals surface area contributed by atoms with E-state index in [1.54, 1.807) is 11.8 Å². The molecule has 1 aromatic carbocycles. The minimum Gasteiger partial charge on any atom is -0.357 e. The molecule has 24 heavy (non-hydrogen) atoms. The second kappa shape index (κ2) is 9.64. The van der Waals surface area contributed by atoms with Gasteiger partial charge in [0.2, 0.25) is 0 Å². The number of aromatic nitrogens is 2. The van der Waals surface area contributed by atoms with Crippen molar-refractivity contribution in [2.45, 2.75) is 38.9 Å². The van der Waals surface area contributed by atoms with Gasteiger partial charge >= 0.3 is 0 Å². The molecule has 0 radical (unpaired) electrons. The maximum atomic E-state index is 4.72. The molecule has 0 amide bonds. The third-order valence-corrected chi connectivity index (χ3v) is 4.65. The molecule has 1 aromatic heterocycles. The number of nitrogens with zero attached hydrogens (tertiary/aromatic N) is 3. The van der Waals surface area contributed by atoms with Crippen LogP contribution in [0.15, 0.2) is 35.6 Å². The van der Waals surface area contributed by atoms with Gasteiger partial charge in [0.15, 0.2) is 5.16 Å². The lowest BCUT2D eigenvalue weighted by Crippen LogP contribution is -2.26. The molecule has 1 heterocycles. The van der Waals surface area contributed by atoms with Gasteiger partial charge in [0.1, 0.15) is 5.82 Å². The van der Waals surface area contributed by atoms with E-state index in [9.17, 15) is 0 Å². The molecule has 2 rings (SSSR count). The first kappa shape index (κ1) is 18.7. The molecule has 4 nitrogen and oxygen atoms in total. The Bertz CT molecular complexity index is 624. The summed E-state index contributed by atoms with van der Waals surface area (Å²) in [5, 5.41) is 4.37. The highest BCUT2D eigenvalue weighted by Gasteiger charge is 2.12.